The van der Waals surface area contributed by atoms with Crippen molar-refractivity contribution < 1.29 is 4.39 Å². The maximum atomic E-state index is 13.5. The van der Waals surface area contributed by atoms with Gasteiger partial charge in [-0.1, -0.05) is 30.3 Å². The number of hydrogen-bond acceptors (Lipinski definition) is 1. The third-order valence-corrected chi connectivity index (χ3v) is 3.81. The van der Waals surface area contributed by atoms with Gasteiger partial charge in [-0.25, -0.2) is 4.39 Å². The summed E-state index contributed by atoms with van der Waals surface area (Å²) in [5.41, 5.74) is 4.34. The van der Waals surface area contributed by atoms with Crippen LogP contribution in [0.3, 0.4) is 0 Å². The van der Waals surface area contributed by atoms with Crippen LogP contribution in [0.1, 0.15) is 35.4 Å². The van der Waals surface area contributed by atoms with Gasteiger partial charge >= 0.3 is 0 Å². The molecule has 98 valence electrons. The first-order valence-corrected chi connectivity index (χ1v) is 6.82. The summed E-state index contributed by atoms with van der Waals surface area (Å²) in [6.45, 7) is 2.57. The van der Waals surface area contributed by atoms with Crippen molar-refractivity contribution in [2.45, 2.75) is 32.2 Å². The zero-order valence-electron chi connectivity index (χ0n) is 11.1. The lowest BCUT2D eigenvalue weighted by Crippen LogP contribution is -2.04. The van der Waals surface area contributed by atoms with Crippen molar-refractivity contribution in [1.82, 2.24) is 0 Å². The molecule has 0 heterocycles. The summed E-state index contributed by atoms with van der Waals surface area (Å²) < 4.78 is 13.5. The lowest BCUT2D eigenvalue weighted by Gasteiger charge is -2.13. The molecule has 2 aromatic carbocycles. The average molecular weight is 255 g/mol. The summed E-state index contributed by atoms with van der Waals surface area (Å²) >= 11 is 0. The van der Waals surface area contributed by atoms with Crippen molar-refractivity contribution in [2.24, 2.45) is 0 Å². The molecule has 2 heteroatoms. The first kappa shape index (κ1) is 12.2. The van der Waals surface area contributed by atoms with Crippen molar-refractivity contribution in [1.29, 1.82) is 0 Å². The third kappa shape index (κ3) is 2.62. The van der Waals surface area contributed by atoms with Crippen LogP contribution in [0.2, 0.25) is 0 Å². The molecule has 0 unspecified atom stereocenters. The molecule has 0 amide bonds. The van der Waals surface area contributed by atoms with E-state index in [9.17, 15) is 4.39 Å². The van der Waals surface area contributed by atoms with E-state index in [4.69, 9.17) is 0 Å². The Hall–Kier alpha value is -1.83. The molecular weight excluding hydrogens is 237 g/mol. The van der Waals surface area contributed by atoms with Crippen LogP contribution in [0.5, 0.6) is 0 Å². The fourth-order valence-electron chi connectivity index (χ4n) is 2.48. The lowest BCUT2D eigenvalue weighted by atomic mass is 10.0. The van der Waals surface area contributed by atoms with Crippen LogP contribution < -0.4 is 5.32 Å². The predicted molar refractivity (Wildman–Crippen MR) is 76.9 cm³/mol. The van der Waals surface area contributed by atoms with E-state index in [0.717, 1.165) is 18.2 Å². The molecule has 1 aliphatic rings. The van der Waals surface area contributed by atoms with E-state index in [1.807, 2.05) is 13.0 Å². The molecule has 0 spiro atoms. The van der Waals surface area contributed by atoms with Gasteiger partial charge in [0.2, 0.25) is 0 Å². The van der Waals surface area contributed by atoms with E-state index in [-0.39, 0.29) is 5.82 Å². The Labute approximate surface area is 113 Å². The lowest BCUT2D eigenvalue weighted by molar-refractivity contribution is 0.619. The Morgan fingerprint density at radius 2 is 1.89 bits per heavy atom. The number of halogens is 1. The SMILES string of the molecule is Cc1c(F)cccc1NCc1ccccc1C1CC1. The second kappa shape index (κ2) is 5.04. The Balaban J connectivity index is 1.77. The highest BCUT2D eigenvalue weighted by molar-refractivity contribution is 5.51. The molecule has 0 aliphatic heterocycles. The average Bonchev–Trinajstić information content (AvgIpc) is 3.25. The zero-order chi connectivity index (χ0) is 13.2. The van der Waals surface area contributed by atoms with E-state index < -0.39 is 0 Å². The van der Waals surface area contributed by atoms with Crippen molar-refractivity contribution in [3.05, 3.63) is 65.0 Å². The van der Waals surface area contributed by atoms with Gasteiger partial charge in [0, 0.05) is 17.8 Å². The molecule has 0 aromatic heterocycles. The summed E-state index contributed by atoms with van der Waals surface area (Å²) in [6.07, 6.45) is 2.60. The second-order valence-corrected chi connectivity index (χ2v) is 5.24. The standard InChI is InChI=1S/C17H18FN/c1-12-16(18)7-4-8-17(12)19-11-14-5-2-3-6-15(14)13-9-10-13/h2-8,13,19H,9-11H2,1H3. The molecule has 1 N–H and O–H groups in total. The fraction of sp³-hybridized carbons (Fsp3) is 0.294. The van der Waals surface area contributed by atoms with Crippen molar-refractivity contribution >= 4 is 5.69 Å². The molecule has 3 rings (SSSR count). The van der Waals surface area contributed by atoms with Crippen molar-refractivity contribution in [3.8, 4) is 0 Å². The third-order valence-electron chi connectivity index (χ3n) is 3.81. The van der Waals surface area contributed by atoms with Gasteiger partial charge in [-0.05, 0) is 48.9 Å². The Morgan fingerprint density at radius 1 is 1.11 bits per heavy atom. The van der Waals surface area contributed by atoms with E-state index in [2.05, 4.69) is 29.6 Å². The highest BCUT2D eigenvalue weighted by Crippen LogP contribution is 2.41. The molecule has 0 atom stereocenters. The molecule has 1 aliphatic carbocycles. The van der Waals surface area contributed by atoms with Crippen molar-refractivity contribution in [2.75, 3.05) is 5.32 Å². The Kier molecular flexibility index (Phi) is 3.24. The largest absolute Gasteiger partial charge is 0.381 e. The van der Waals surface area contributed by atoms with Gasteiger partial charge in [-0.2, -0.15) is 0 Å². The normalized spacial score (nSPS) is 14.4. The van der Waals surface area contributed by atoms with Gasteiger partial charge in [0.15, 0.2) is 0 Å². The minimum atomic E-state index is -0.152. The van der Waals surface area contributed by atoms with E-state index >= 15 is 0 Å². The maximum Gasteiger partial charge on any atom is 0.128 e. The van der Waals surface area contributed by atoms with Gasteiger partial charge < -0.3 is 5.32 Å². The molecule has 0 saturated heterocycles. The number of nitrogens with one attached hydrogen (secondary N) is 1. The highest BCUT2D eigenvalue weighted by Gasteiger charge is 2.25. The van der Waals surface area contributed by atoms with Crippen molar-refractivity contribution in [3.63, 3.8) is 0 Å². The maximum absolute atomic E-state index is 13.5. The molecule has 19 heavy (non-hydrogen) atoms. The van der Waals surface area contributed by atoms with Crippen LogP contribution in [-0.2, 0) is 6.54 Å². The molecular formula is C17H18FN. The number of anilines is 1. The van der Waals surface area contributed by atoms with E-state index in [1.165, 1.54) is 30.0 Å². The van der Waals surface area contributed by atoms with Crippen LogP contribution in [0.15, 0.2) is 42.5 Å². The summed E-state index contributed by atoms with van der Waals surface area (Å²) in [5, 5.41) is 3.35. The topological polar surface area (TPSA) is 12.0 Å². The van der Waals surface area contributed by atoms with Crippen LogP contribution in [0.4, 0.5) is 10.1 Å². The number of rotatable bonds is 4. The van der Waals surface area contributed by atoms with Crippen LogP contribution >= 0.6 is 0 Å². The summed E-state index contributed by atoms with van der Waals surface area (Å²) in [6, 6.07) is 13.7. The van der Waals surface area contributed by atoms with E-state index in [1.54, 1.807) is 6.07 Å². The quantitative estimate of drug-likeness (QED) is 0.840. The molecule has 1 fully saturated rings. The molecule has 2 aromatic rings. The van der Waals surface area contributed by atoms with Gasteiger partial charge in [0.25, 0.3) is 0 Å². The Bertz CT molecular complexity index is 588. The fourth-order valence-corrected chi connectivity index (χ4v) is 2.48. The first-order valence-electron chi connectivity index (χ1n) is 6.82. The second-order valence-electron chi connectivity index (χ2n) is 5.24. The van der Waals surface area contributed by atoms with Gasteiger partial charge in [0.1, 0.15) is 5.82 Å². The molecule has 0 radical (unpaired) electrons. The number of benzene rings is 2. The minimum Gasteiger partial charge on any atom is -0.381 e. The zero-order valence-corrected chi connectivity index (χ0v) is 11.1. The van der Waals surface area contributed by atoms with Gasteiger partial charge in [0.05, 0.1) is 0 Å². The highest BCUT2D eigenvalue weighted by atomic mass is 19.1. The van der Waals surface area contributed by atoms with Gasteiger partial charge in [-0.3, -0.25) is 0 Å². The summed E-state index contributed by atoms with van der Waals surface area (Å²) in [4.78, 5) is 0. The monoisotopic (exact) mass is 255 g/mol. The number of hydrogen-bond donors (Lipinski definition) is 1. The molecule has 0 bridgehead atoms. The summed E-state index contributed by atoms with van der Waals surface area (Å²) in [5.74, 6) is 0.590. The molecule has 1 nitrogen and oxygen atoms in total. The summed E-state index contributed by atoms with van der Waals surface area (Å²) in [7, 11) is 0. The van der Waals surface area contributed by atoms with E-state index in [0.29, 0.717) is 5.56 Å². The van der Waals surface area contributed by atoms with Crippen LogP contribution in [0.25, 0.3) is 0 Å². The smallest absolute Gasteiger partial charge is 0.128 e. The van der Waals surface area contributed by atoms with Gasteiger partial charge in [-0.15, -0.1) is 0 Å². The predicted octanol–water partition coefficient (Wildman–Crippen LogP) is 4.62. The van der Waals surface area contributed by atoms with Crippen LogP contribution in [-0.4, -0.2) is 0 Å². The minimum absolute atomic E-state index is 0.152. The van der Waals surface area contributed by atoms with Crippen LogP contribution in [0, 0.1) is 12.7 Å². The first-order chi connectivity index (χ1) is 9.25. The molecule has 1 saturated carbocycles. The Morgan fingerprint density at radius 3 is 2.68 bits per heavy atom.